The zero-order chi connectivity index (χ0) is 14.0. The fraction of sp³-hybridized carbons (Fsp3) is 0.286. The topological polar surface area (TPSA) is 61.6 Å². The first-order valence-corrected chi connectivity index (χ1v) is 5.77. The maximum Gasteiger partial charge on any atom is 0.230 e. The van der Waals surface area contributed by atoms with E-state index in [0.29, 0.717) is 34.4 Å². The number of benzene rings is 1. The lowest BCUT2D eigenvalue weighted by molar-refractivity contribution is 0.101. The van der Waals surface area contributed by atoms with Crippen LogP contribution in [0.4, 0.5) is 0 Å². The summed E-state index contributed by atoms with van der Waals surface area (Å²) in [6.07, 6.45) is 0. The smallest absolute Gasteiger partial charge is 0.230 e. The fourth-order valence-corrected chi connectivity index (χ4v) is 1.81. The lowest BCUT2D eigenvalue weighted by Gasteiger charge is -2.07. The van der Waals surface area contributed by atoms with Gasteiger partial charge in [-0.2, -0.15) is 0 Å². The van der Waals surface area contributed by atoms with Crippen molar-refractivity contribution >= 4 is 5.78 Å². The van der Waals surface area contributed by atoms with Crippen LogP contribution in [-0.2, 0) is 0 Å². The lowest BCUT2D eigenvalue weighted by atomic mass is 10.2. The number of carbonyl (C=O) groups is 1. The van der Waals surface area contributed by atoms with Gasteiger partial charge in [0.2, 0.25) is 5.89 Å². The predicted molar refractivity (Wildman–Crippen MR) is 69.8 cm³/mol. The quantitative estimate of drug-likeness (QED) is 0.792. The number of aromatic nitrogens is 1. The van der Waals surface area contributed by atoms with E-state index in [0.717, 1.165) is 0 Å². The zero-order valence-electron chi connectivity index (χ0n) is 11.3. The second kappa shape index (κ2) is 5.14. The summed E-state index contributed by atoms with van der Waals surface area (Å²) in [5, 5.41) is 0. The minimum atomic E-state index is -0.125. The number of oxazole rings is 1. The van der Waals surface area contributed by atoms with Crippen molar-refractivity contribution in [1.82, 2.24) is 4.98 Å². The molecule has 0 N–H and O–H groups in total. The largest absolute Gasteiger partial charge is 0.497 e. The summed E-state index contributed by atoms with van der Waals surface area (Å²) in [4.78, 5) is 15.6. The summed E-state index contributed by atoms with van der Waals surface area (Å²) in [5.41, 5.74) is 1.02. The molecule has 1 aromatic carbocycles. The molecular weight excluding hydrogens is 246 g/mol. The third-order valence-electron chi connectivity index (χ3n) is 2.77. The van der Waals surface area contributed by atoms with Gasteiger partial charge in [0.05, 0.1) is 19.8 Å². The number of carbonyl (C=O) groups excluding carboxylic acids is 1. The molecule has 0 amide bonds. The van der Waals surface area contributed by atoms with Gasteiger partial charge in [-0.15, -0.1) is 0 Å². The Morgan fingerprint density at radius 2 is 2.00 bits per heavy atom. The molecule has 2 aromatic rings. The van der Waals surface area contributed by atoms with E-state index in [1.165, 1.54) is 6.92 Å². The number of methoxy groups -OCH3 is 2. The van der Waals surface area contributed by atoms with Crippen LogP contribution in [0.25, 0.3) is 11.5 Å². The van der Waals surface area contributed by atoms with Crippen molar-refractivity contribution < 1.29 is 18.7 Å². The third kappa shape index (κ3) is 2.45. The molecule has 1 aromatic heterocycles. The Hall–Kier alpha value is -2.30. The number of hydrogen-bond donors (Lipinski definition) is 0. The van der Waals surface area contributed by atoms with Gasteiger partial charge in [-0.3, -0.25) is 4.79 Å². The van der Waals surface area contributed by atoms with Crippen molar-refractivity contribution in [3.8, 4) is 23.0 Å². The van der Waals surface area contributed by atoms with E-state index in [9.17, 15) is 4.79 Å². The van der Waals surface area contributed by atoms with E-state index in [2.05, 4.69) is 4.98 Å². The normalized spacial score (nSPS) is 10.3. The molecule has 19 heavy (non-hydrogen) atoms. The molecule has 0 saturated heterocycles. The van der Waals surface area contributed by atoms with Crippen molar-refractivity contribution in [2.45, 2.75) is 13.8 Å². The minimum Gasteiger partial charge on any atom is -0.497 e. The van der Waals surface area contributed by atoms with Crippen molar-refractivity contribution in [3.05, 3.63) is 29.7 Å². The average molecular weight is 261 g/mol. The monoisotopic (exact) mass is 261 g/mol. The van der Waals surface area contributed by atoms with E-state index in [4.69, 9.17) is 13.9 Å². The Kier molecular flexibility index (Phi) is 3.55. The number of ketones is 1. The number of ether oxygens (including phenoxy) is 2. The molecule has 0 aliphatic heterocycles. The van der Waals surface area contributed by atoms with E-state index in [1.54, 1.807) is 39.3 Å². The highest BCUT2D eigenvalue weighted by Gasteiger charge is 2.18. The summed E-state index contributed by atoms with van der Waals surface area (Å²) in [6.45, 7) is 3.17. The van der Waals surface area contributed by atoms with Gasteiger partial charge < -0.3 is 13.9 Å². The predicted octanol–water partition coefficient (Wildman–Crippen LogP) is 2.87. The van der Waals surface area contributed by atoms with Gasteiger partial charge in [-0.25, -0.2) is 4.98 Å². The summed E-state index contributed by atoms with van der Waals surface area (Å²) < 4.78 is 15.9. The van der Waals surface area contributed by atoms with Crippen LogP contribution in [0.3, 0.4) is 0 Å². The van der Waals surface area contributed by atoms with E-state index in [1.807, 2.05) is 0 Å². The van der Waals surface area contributed by atoms with Gasteiger partial charge in [-0.05, 0) is 19.1 Å². The van der Waals surface area contributed by atoms with Crippen molar-refractivity contribution in [2.75, 3.05) is 14.2 Å². The SMILES string of the molecule is COc1ccc(-c2nc(C(C)=O)c(C)o2)c(OC)c1. The Morgan fingerprint density at radius 1 is 1.26 bits per heavy atom. The molecule has 0 saturated carbocycles. The lowest BCUT2D eigenvalue weighted by Crippen LogP contribution is -1.95. The number of hydrogen-bond acceptors (Lipinski definition) is 5. The second-order valence-corrected chi connectivity index (χ2v) is 4.05. The fourth-order valence-electron chi connectivity index (χ4n) is 1.81. The Balaban J connectivity index is 2.52. The van der Waals surface area contributed by atoms with Gasteiger partial charge >= 0.3 is 0 Å². The molecule has 0 radical (unpaired) electrons. The highest BCUT2D eigenvalue weighted by molar-refractivity contribution is 5.93. The van der Waals surface area contributed by atoms with Crippen LogP contribution in [0, 0.1) is 6.92 Å². The van der Waals surface area contributed by atoms with Crippen LogP contribution in [0.15, 0.2) is 22.6 Å². The summed E-state index contributed by atoms with van der Waals surface area (Å²) in [6, 6.07) is 5.31. The standard InChI is InChI=1S/C14H15NO4/c1-8(16)13-9(2)19-14(15-13)11-6-5-10(17-3)7-12(11)18-4/h5-7H,1-4H3. The van der Waals surface area contributed by atoms with Gasteiger partial charge in [0, 0.05) is 13.0 Å². The summed E-state index contributed by atoms with van der Waals surface area (Å²) >= 11 is 0. The Morgan fingerprint density at radius 3 is 2.53 bits per heavy atom. The third-order valence-corrected chi connectivity index (χ3v) is 2.77. The molecule has 0 unspecified atom stereocenters. The summed E-state index contributed by atoms with van der Waals surface area (Å²) in [7, 11) is 3.14. The Bertz CT molecular complexity index is 616. The molecule has 0 spiro atoms. The molecule has 0 aliphatic rings. The molecule has 0 fully saturated rings. The Labute approximate surface area is 111 Å². The average Bonchev–Trinajstić information content (AvgIpc) is 2.80. The van der Waals surface area contributed by atoms with Gasteiger partial charge in [0.25, 0.3) is 0 Å². The van der Waals surface area contributed by atoms with Crippen LogP contribution >= 0.6 is 0 Å². The highest BCUT2D eigenvalue weighted by atomic mass is 16.5. The maximum absolute atomic E-state index is 11.4. The molecular formula is C14H15NO4. The van der Waals surface area contributed by atoms with Crippen LogP contribution in [0.5, 0.6) is 11.5 Å². The molecule has 0 aliphatic carbocycles. The first-order chi connectivity index (χ1) is 9.06. The van der Waals surface area contributed by atoms with E-state index in [-0.39, 0.29) is 5.78 Å². The van der Waals surface area contributed by atoms with Crippen molar-refractivity contribution in [1.29, 1.82) is 0 Å². The van der Waals surface area contributed by atoms with E-state index < -0.39 is 0 Å². The van der Waals surface area contributed by atoms with Crippen LogP contribution in [0.1, 0.15) is 23.2 Å². The van der Waals surface area contributed by atoms with Gasteiger partial charge in [-0.1, -0.05) is 0 Å². The van der Waals surface area contributed by atoms with Gasteiger partial charge in [0.1, 0.15) is 23.0 Å². The molecule has 0 atom stereocenters. The number of rotatable bonds is 4. The zero-order valence-corrected chi connectivity index (χ0v) is 11.3. The molecule has 1 heterocycles. The van der Waals surface area contributed by atoms with E-state index >= 15 is 0 Å². The maximum atomic E-state index is 11.4. The first-order valence-electron chi connectivity index (χ1n) is 5.77. The minimum absolute atomic E-state index is 0.125. The van der Waals surface area contributed by atoms with Crippen molar-refractivity contribution in [3.63, 3.8) is 0 Å². The number of aryl methyl sites for hydroxylation is 1. The molecule has 0 bridgehead atoms. The van der Waals surface area contributed by atoms with Crippen LogP contribution < -0.4 is 9.47 Å². The first kappa shape index (κ1) is 13.1. The molecule has 100 valence electrons. The second-order valence-electron chi connectivity index (χ2n) is 4.05. The molecule has 2 rings (SSSR count). The van der Waals surface area contributed by atoms with Crippen LogP contribution in [-0.4, -0.2) is 25.0 Å². The molecule has 5 heteroatoms. The number of nitrogens with zero attached hydrogens (tertiary/aromatic N) is 1. The summed E-state index contributed by atoms with van der Waals surface area (Å²) in [5.74, 6) is 1.99. The molecule has 5 nitrogen and oxygen atoms in total. The number of Topliss-reactive ketones (excluding diaryl/α,β-unsaturated/α-hetero) is 1. The van der Waals surface area contributed by atoms with Crippen LogP contribution in [0.2, 0.25) is 0 Å². The van der Waals surface area contributed by atoms with Gasteiger partial charge in [0.15, 0.2) is 5.78 Å². The highest BCUT2D eigenvalue weighted by Crippen LogP contribution is 2.33. The van der Waals surface area contributed by atoms with Crippen molar-refractivity contribution in [2.24, 2.45) is 0 Å².